The van der Waals surface area contributed by atoms with Gasteiger partial charge in [-0.15, -0.1) is 11.3 Å². The maximum Gasteiger partial charge on any atom is 0.183 e. The van der Waals surface area contributed by atoms with Crippen molar-refractivity contribution in [2.75, 3.05) is 11.9 Å². The van der Waals surface area contributed by atoms with Crippen molar-refractivity contribution in [2.24, 2.45) is 5.92 Å². The average molecular weight is 198 g/mol. The predicted molar refractivity (Wildman–Crippen MR) is 59.5 cm³/mol. The zero-order chi connectivity index (χ0) is 9.84. The molecule has 13 heavy (non-hydrogen) atoms. The molecule has 0 radical (unpaired) electrons. The lowest BCUT2D eigenvalue weighted by Gasteiger charge is -2.07. The molecule has 1 aromatic heterocycles. The Morgan fingerprint density at radius 2 is 2.15 bits per heavy atom. The molecule has 1 rings (SSSR count). The van der Waals surface area contributed by atoms with Gasteiger partial charge in [-0.2, -0.15) is 0 Å². The average Bonchev–Trinajstić information content (AvgIpc) is 2.42. The fraction of sp³-hybridized carbons (Fsp3) is 0.700. The first-order valence-corrected chi connectivity index (χ1v) is 5.63. The van der Waals surface area contributed by atoms with Crippen LogP contribution in [0.25, 0.3) is 0 Å². The van der Waals surface area contributed by atoms with E-state index >= 15 is 0 Å². The minimum Gasteiger partial charge on any atom is -0.361 e. The number of nitrogens with one attached hydrogen (secondary N) is 1. The summed E-state index contributed by atoms with van der Waals surface area (Å²) in [6.07, 6.45) is 1.22. The smallest absolute Gasteiger partial charge is 0.183 e. The summed E-state index contributed by atoms with van der Waals surface area (Å²) in [6, 6.07) is 0. The molecule has 0 aliphatic heterocycles. The second-order valence-electron chi connectivity index (χ2n) is 3.55. The van der Waals surface area contributed by atoms with Crippen LogP contribution in [-0.4, -0.2) is 11.5 Å². The van der Waals surface area contributed by atoms with Gasteiger partial charge in [-0.25, -0.2) is 4.98 Å². The molecular formula is C10H18N2S. The first-order chi connectivity index (χ1) is 6.13. The second-order valence-corrected chi connectivity index (χ2v) is 4.76. The van der Waals surface area contributed by atoms with Gasteiger partial charge in [0.25, 0.3) is 0 Å². The molecule has 0 fully saturated rings. The van der Waals surface area contributed by atoms with E-state index in [4.69, 9.17) is 0 Å². The van der Waals surface area contributed by atoms with Crippen LogP contribution in [0.15, 0.2) is 0 Å². The van der Waals surface area contributed by atoms with Crippen LogP contribution in [0.4, 0.5) is 5.13 Å². The molecule has 0 spiro atoms. The van der Waals surface area contributed by atoms with Crippen molar-refractivity contribution in [2.45, 2.75) is 34.1 Å². The summed E-state index contributed by atoms with van der Waals surface area (Å²) >= 11 is 1.74. The number of hydrogen-bond donors (Lipinski definition) is 1. The Morgan fingerprint density at radius 3 is 2.62 bits per heavy atom. The summed E-state index contributed by atoms with van der Waals surface area (Å²) in [5.74, 6) is 0.726. The standard InChI is InChI=1S/C10H18N2S/c1-5-7(2)6-11-10-12-8(3)9(4)13-10/h7H,5-6H2,1-4H3,(H,11,12). The van der Waals surface area contributed by atoms with Gasteiger partial charge < -0.3 is 5.32 Å². The molecule has 74 valence electrons. The molecule has 0 amide bonds. The van der Waals surface area contributed by atoms with Crippen molar-refractivity contribution < 1.29 is 0 Å². The highest BCUT2D eigenvalue weighted by atomic mass is 32.1. The lowest BCUT2D eigenvalue weighted by Crippen LogP contribution is -2.09. The fourth-order valence-corrected chi connectivity index (χ4v) is 1.78. The normalized spacial score (nSPS) is 12.9. The van der Waals surface area contributed by atoms with Crippen LogP contribution in [-0.2, 0) is 0 Å². The lowest BCUT2D eigenvalue weighted by atomic mass is 10.1. The Balaban J connectivity index is 2.45. The number of aryl methyl sites for hydroxylation is 2. The maximum atomic E-state index is 4.42. The van der Waals surface area contributed by atoms with E-state index in [1.807, 2.05) is 0 Å². The van der Waals surface area contributed by atoms with E-state index in [1.165, 1.54) is 11.3 Å². The predicted octanol–water partition coefficient (Wildman–Crippen LogP) is 3.22. The van der Waals surface area contributed by atoms with E-state index in [-0.39, 0.29) is 0 Å². The maximum absolute atomic E-state index is 4.42. The molecule has 1 heterocycles. The quantitative estimate of drug-likeness (QED) is 0.803. The number of rotatable bonds is 4. The molecule has 0 aliphatic carbocycles. The molecule has 1 aromatic rings. The fourth-order valence-electron chi connectivity index (χ4n) is 0.954. The number of hydrogen-bond acceptors (Lipinski definition) is 3. The van der Waals surface area contributed by atoms with Crippen LogP contribution in [0.3, 0.4) is 0 Å². The molecule has 2 nitrogen and oxygen atoms in total. The first-order valence-electron chi connectivity index (χ1n) is 4.81. The van der Waals surface area contributed by atoms with Gasteiger partial charge in [0, 0.05) is 11.4 Å². The summed E-state index contributed by atoms with van der Waals surface area (Å²) in [5.41, 5.74) is 1.15. The van der Waals surface area contributed by atoms with E-state index in [0.29, 0.717) is 0 Å². The van der Waals surface area contributed by atoms with E-state index < -0.39 is 0 Å². The Kier molecular flexibility index (Phi) is 3.72. The van der Waals surface area contributed by atoms with Crippen molar-refractivity contribution in [3.05, 3.63) is 10.6 Å². The van der Waals surface area contributed by atoms with Crippen molar-refractivity contribution in [3.63, 3.8) is 0 Å². The molecule has 0 saturated heterocycles. The molecule has 1 atom stereocenters. The molecular weight excluding hydrogens is 180 g/mol. The molecule has 0 saturated carbocycles. The lowest BCUT2D eigenvalue weighted by molar-refractivity contribution is 0.593. The summed E-state index contributed by atoms with van der Waals surface area (Å²) in [5, 5.41) is 4.43. The Morgan fingerprint density at radius 1 is 1.46 bits per heavy atom. The first kappa shape index (κ1) is 10.5. The van der Waals surface area contributed by atoms with Gasteiger partial charge in [0.1, 0.15) is 0 Å². The van der Waals surface area contributed by atoms with Gasteiger partial charge in [-0.1, -0.05) is 20.3 Å². The number of aromatic nitrogens is 1. The van der Waals surface area contributed by atoms with Gasteiger partial charge in [0.2, 0.25) is 0 Å². The van der Waals surface area contributed by atoms with Crippen LogP contribution in [0.2, 0.25) is 0 Å². The summed E-state index contributed by atoms with van der Waals surface area (Å²) < 4.78 is 0. The monoisotopic (exact) mass is 198 g/mol. The zero-order valence-electron chi connectivity index (χ0n) is 8.85. The Labute approximate surface area is 84.4 Å². The minimum absolute atomic E-state index is 0.726. The van der Waals surface area contributed by atoms with E-state index in [9.17, 15) is 0 Å². The molecule has 3 heteroatoms. The van der Waals surface area contributed by atoms with Crippen LogP contribution in [0.5, 0.6) is 0 Å². The van der Waals surface area contributed by atoms with E-state index in [1.54, 1.807) is 11.3 Å². The van der Waals surface area contributed by atoms with Crippen LogP contribution in [0.1, 0.15) is 30.8 Å². The molecule has 0 aliphatic rings. The SMILES string of the molecule is CCC(C)CNc1nc(C)c(C)s1. The van der Waals surface area contributed by atoms with Crippen LogP contribution in [0, 0.1) is 19.8 Å². The van der Waals surface area contributed by atoms with Crippen molar-refractivity contribution in [1.29, 1.82) is 0 Å². The molecule has 0 aromatic carbocycles. The van der Waals surface area contributed by atoms with Crippen LogP contribution >= 0.6 is 11.3 Å². The highest BCUT2D eigenvalue weighted by molar-refractivity contribution is 7.15. The van der Waals surface area contributed by atoms with Crippen molar-refractivity contribution in [1.82, 2.24) is 4.98 Å². The molecule has 0 bridgehead atoms. The Bertz CT molecular complexity index is 248. The molecule has 1 N–H and O–H groups in total. The second kappa shape index (κ2) is 4.61. The summed E-state index contributed by atoms with van der Waals surface area (Å²) in [4.78, 5) is 5.74. The zero-order valence-corrected chi connectivity index (χ0v) is 9.66. The third kappa shape index (κ3) is 2.99. The topological polar surface area (TPSA) is 24.9 Å². The largest absolute Gasteiger partial charge is 0.361 e. The third-order valence-electron chi connectivity index (χ3n) is 2.33. The van der Waals surface area contributed by atoms with E-state index in [0.717, 1.165) is 23.3 Å². The summed E-state index contributed by atoms with van der Waals surface area (Å²) in [7, 11) is 0. The third-order valence-corrected chi connectivity index (χ3v) is 3.36. The van der Waals surface area contributed by atoms with Crippen LogP contribution < -0.4 is 5.32 Å². The van der Waals surface area contributed by atoms with Gasteiger partial charge >= 0.3 is 0 Å². The minimum atomic E-state index is 0.726. The van der Waals surface area contributed by atoms with Crippen molar-refractivity contribution >= 4 is 16.5 Å². The number of nitrogens with zero attached hydrogens (tertiary/aromatic N) is 1. The van der Waals surface area contributed by atoms with Gasteiger partial charge in [-0.3, -0.25) is 0 Å². The molecule has 1 unspecified atom stereocenters. The van der Waals surface area contributed by atoms with Crippen molar-refractivity contribution in [3.8, 4) is 0 Å². The van der Waals surface area contributed by atoms with Gasteiger partial charge in [-0.05, 0) is 19.8 Å². The van der Waals surface area contributed by atoms with Gasteiger partial charge in [0.15, 0.2) is 5.13 Å². The highest BCUT2D eigenvalue weighted by Gasteiger charge is 2.04. The Hall–Kier alpha value is -0.570. The summed E-state index contributed by atoms with van der Waals surface area (Å²) in [6.45, 7) is 9.66. The highest BCUT2D eigenvalue weighted by Crippen LogP contribution is 2.21. The number of thiazole rings is 1. The van der Waals surface area contributed by atoms with Gasteiger partial charge in [0.05, 0.1) is 5.69 Å². The number of anilines is 1. The van der Waals surface area contributed by atoms with E-state index in [2.05, 4.69) is 38.0 Å².